The predicted molar refractivity (Wildman–Crippen MR) is 625 cm³/mol. The minimum absolute atomic E-state index is 0.579. The topological polar surface area (TPSA) is 110 Å². The van der Waals surface area contributed by atoms with Crippen LogP contribution in [0.4, 0.5) is 0 Å². The molecule has 0 fully saturated rings. The monoisotopic (exact) mass is 1910 g/mol. The molecule has 0 bridgehead atoms. The fraction of sp³-hybridized carbons (Fsp3) is 0. The van der Waals surface area contributed by atoms with E-state index in [1.54, 1.807) is 0 Å². The van der Waals surface area contributed by atoms with E-state index in [1.165, 1.54) is 157 Å². The number of para-hydroxylation sites is 6. The summed E-state index contributed by atoms with van der Waals surface area (Å²) < 4.78 is 9.16. The summed E-state index contributed by atoms with van der Waals surface area (Å²) in [5.41, 5.74) is 26.1. The first-order chi connectivity index (χ1) is 74.4. The molecule has 0 spiro atoms. The zero-order valence-corrected chi connectivity index (χ0v) is 81.1. The summed E-state index contributed by atoms with van der Waals surface area (Å²) in [6.07, 6.45) is 1.86. The molecule has 0 aliphatic carbocycles. The Morgan fingerprint density at radius 2 is 0.540 bits per heavy atom. The normalized spacial score (nSPS) is 11.7. The largest absolute Gasteiger partial charge is 0.309 e. The maximum absolute atomic E-state index is 5.20. The third kappa shape index (κ3) is 14.7. The molecule has 0 saturated heterocycles. The maximum atomic E-state index is 5.20. The van der Waals surface area contributed by atoms with Gasteiger partial charge in [-0.1, -0.05) is 400 Å². The standard InChI is InChI=1S/C53H33N5.C46H29N3.C40H25N3/c1-4-17-35(18-5-1)51-54-52(36-19-6-2-7-20-36)56-53(55-51)58-46-30-29-37(32-44(46)49-39-23-11-10-16-34(39)28-31-47(49)58)43-33-48-50(41-25-13-12-24-40(41)43)42-26-14-15-27-45(42)57(48)38-21-8-3-9-22-38;1-2-11-35-29-36(22-19-30(35)9-1)31-17-20-33(21-18-31)45-39-13-5-7-15-41(39)47-46(48-45)34-23-26-37(27-24-34)49-42-16-8-6-14-40(42)44-38-12-4-3-10-32(38)25-28-43(44)49;1-2-14-31-29(12-1)30-13-3-4-15-32(30)36-25-27(20-21-33(31)36)26-10-9-11-28(24-26)37-22-23-41-40(42-37)43-38-18-7-5-16-34(38)35-17-6-8-19-39(35)43/h1-33H;1-29H;1-25H. The van der Waals surface area contributed by atoms with E-state index in [2.05, 4.69) is 491 Å². The van der Waals surface area contributed by atoms with Crippen molar-refractivity contribution in [3.05, 3.63) is 528 Å². The van der Waals surface area contributed by atoms with Gasteiger partial charge in [-0.05, 0) is 230 Å². The highest BCUT2D eigenvalue weighted by Gasteiger charge is 2.26. The van der Waals surface area contributed by atoms with E-state index < -0.39 is 0 Å². The van der Waals surface area contributed by atoms with Crippen LogP contribution in [0.25, 0.3) is 287 Å². The molecular formula is C139H87N11. The molecule has 11 heteroatoms. The van der Waals surface area contributed by atoms with Gasteiger partial charge in [0, 0.05) is 93.9 Å². The summed E-state index contributed by atoms with van der Waals surface area (Å²) in [6, 6.07) is 186. The zero-order chi connectivity index (χ0) is 98.8. The van der Waals surface area contributed by atoms with Gasteiger partial charge in [0.05, 0.1) is 61.0 Å². The Labute approximate surface area is 861 Å². The molecule has 0 aliphatic heterocycles. The van der Waals surface area contributed by atoms with Gasteiger partial charge in [0.2, 0.25) is 11.9 Å². The molecule has 24 aromatic carbocycles. The lowest BCUT2D eigenvalue weighted by atomic mass is 9.92. The van der Waals surface area contributed by atoms with Crippen LogP contribution in [-0.4, -0.2) is 53.2 Å². The Morgan fingerprint density at radius 3 is 1.17 bits per heavy atom. The molecule has 0 amide bonds. The van der Waals surface area contributed by atoms with Crippen molar-refractivity contribution in [1.82, 2.24) is 53.2 Å². The van der Waals surface area contributed by atoms with Crippen molar-refractivity contribution >= 4 is 174 Å². The van der Waals surface area contributed by atoms with E-state index >= 15 is 0 Å². The van der Waals surface area contributed by atoms with Crippen molar-refractivity contribution < 1.29 is 0 Å². The molecule has 0 N–H and O–H groups in total. The summed E-state index contributed by atoms with van der Waals surface area (Å²) in [5.74, 6) is 3.22. The summed E-state index contributed by atoms with van der Waals surface area (Å²) in [6.45, 7) is 0. The molecule has 31 rings (SSSR count). The van der Waals surface area contributed by atoms with Gasteiger partial charge in [0.15, 0.2) is 17.5 Å². The molecule has 11 nitrogen and oxygen atoms in total. The molecule has 0 atom stereocenters. The van der Waals surface area contributed by atoms with Crippen molar-refractivity contribution in [3.8, 4) is 113 Å². The molecule has 7 heterocycles. The first-order valence-corrected chi connectivity index (χ1v) is 50.9. The molecule has 0 aliphatic rings. The van der Waals surface area contributed by atoms with Gasteiger partial charge in [0.1, 0.15) is 0 Å². The summed E-state index contributed by atoms with van der Waals surface area (Å²) in [4.78, 5) is 35.5. The number of hydrogen-bond donors (Lipinski definition) is 0. The fourth-order valence-corrected chi connectivity index (χ4v) is 23.1. The summed E-state index contributed by atoms with van der Waals surface area (Å²) in [7, 11) is 0. The Balaban J connectivity index is 0.000000107. The van der Waals surface area contributed by atoms with Crippen LogP contribution in [0.5, 0.6) is 0 Å². The van der Waals surface area contributed by atoms with Crippen molar-refractivity contribution in [2.75, 3.05) is 0 Å². The second-order valence-electron chi connectivity index (χ2n) is 38.5. The molecule has 31 aromatic rings. The predicted octanol–water partition coefficient (Wildman–Crippen LogP) is 35.8. The number of aromatic nitrogens is 11. The highest BCUT2D eigenvalue weighted by Crippen LogP contribution is 2.48. The van der Waals surface area contributed by atoms with E-state index in [9.17, 15) is 0 Å². The van der Waals surface area contributed by atoms with E-state index in [0.29, 0.717) is 29.4 Å². The van der Waals surface area contributed by atoms with Crippen LogP contribution in [0, 0.1) is 0 Å². The van der Waals surface area contributed by atoms with E-state index in [-0.39, 0.29) is 0 Å². The van der Waals surface area contributed by atoms with Gasteiger partial charge < -0.3 is 9.13 Å². The van der Waals surface area contributed by atoms with Crippen LogP contribution in [-0.2, 0) is 0 Å². The molecule has 150 heavy (non-hydrogen) atoms. The minimum atomic E-state index is 0.579. The smallest absolute Gasteiger partial charge is 0.238 e. The highest BCUT2D eigenvalue weighted by molar-refractivity contribution is 6.29. The Kier molecular flexibility index (Phi) is 20.7. The Bertz CT molecular complexity index is 10700. The minimum Gasteiger partial charge on any atom is -0.309 e. The Hall–Kier alpha value is -20.3. The molecule has 0 saturated carbocycles. The van der Waals surface area contributed by atoms with Crippen LogP contribution >= 0.6 is 0 Å². The molecule has 698 valence electrons. The van der Waals surface area contributed by atoms with Crippen molar-refractivity contribution in [2.45, 2.75) is 0 Å². The lowest BCUT2D eigenvalue weighted by molar-refractivity contribution is 0.953. The average molecular weight is 1910 g/mol. The fourth-order valence-electron chi connectivity index (χ4n) is 23.1. The first kappa shape index (κ1) is 86.4. The number of fused-ring (bicyclic) bond motifs is 26. The third-order valence-corrected chi connectivity index (χ3v) is 30.0. The van der Waals surface area contributed by atoms with Crippen LogP contribution in [0.1, 0.15) is 0 Å². The van der Waals surface area contributed by atoms with E-state index in [1.807, 2.05) is 54.7 Å². The number of benzene rings is 24. The zero-order valence-electron chi connectivity index (χ0n) is 81.1. The van der Waals surface area contributed by atoms with Gasteiger partial charge in [-0.3, -0.25) is 9.13 Å². The van der Waals surface area contributed by atoms with E-state index in [0.717, 1.165) is 100 Å². The molecular weight excluding hydrogens is 1820 g/mol. The first-order valence-electron chi connectivity index (χ1n) is 50.9. The number of nitrogens with zero attached hydrogens (tertiary/aromatic N) is 11. The second-order valence-corrected chi connectivity index (χ2v) is 38.5. The molecule has 7 aromatic heterocycles. The SMILES string of the molecule is c1cc(-c2ccc3c4ccccc4c4ccccc4c3c2)cc(-c2ccnc(-n3c4ccccc4c4ccccc43)n2)c1.c1ccc(-c2nc(-c3ccccc3)nc(-n3c4ccc(-c5cc6c(c7ccccc57)c5ccccc5n6-c5ccccc5)cc4c4c5ccccc5ccc43)n2)cc1.c1ccc2cc(-c3ccc(-c4nc(-c5ccc(-n6c7ccccc7c7c8ccccc8ccc76)cc5)nc5ccccc45)cc3)ccc2c1. The number of rotatable bonds is 12. The quantitative estimate of drug-likeness (QED) is 0.112. The van der Waals surface area contributed by atoms with Crippen LogP contribution < -0.4 is 0 Å². The van der Waals surface area contributed by atoms with Gasteiger partial charge in [0.25, 0.3) is 0 Å². The highest BCUT2D eigenvalue weighted by atomic mass is 15.2. The van der Waals surface area contributed by atoms with Crippen LogP contribution in [0.2, 0.25) is 0 Å². The maximum Gasteiger partial charge on any atom is 0.238 e. The van der Waals surface area contributed by atoms with Gasteiger partial charge in [-0.25, -0.2) is 24.9 Å². The lowest BCUT2D eigenvalue weighted by Crippen LogP contribution is -2.06. The van der Waals surface area contributed by atoms with Gasteiger partial charge >= 0.3 is 0 Å². The van der Waals surface area contributed by atoms with Gasteiger partial charge in [-0.15, -0.1) is 0 Å². The average Bonchev–Trinajstić information content (AvgIpc) is 1.55. The lowest BCUT2D eigenvalue weighted by Gasteiger charge is -2.13. The Morgan fingerprint density at radius 1 is 0.153 bits per heavy atom. The van der Waals surface area contributed by atoms with Crippen molar-refractivity contribution in [3.63, 3.8) is 0 Å². The summed E-state index contributed by atoms with van der Waals surface area (Å²) in [5, 5.41) is 28.3. The van der Waals surface area contributed by atoms with Gasteiger partial charge in [-0.2, -0.15) is 9.97 Å². The molecule has 0 radical (unpaired) electrons. The van der Waals surface area contributed by atoms with Crippen molar-refractivity contribution in [2.24, 2.45) is 0 Å². The van der Waals surface area contributed by atoms with Crippen LogP contribution in [0.3, 0.4) is 0 Å². The second kappa shape index (κ2) is 35.9. The van der Waals surface area contributed by atoms with Crippen molar-refractivity contribution in [1.29, 1.82) is 0 Å². The third-order valence-electron chi connectivity index (χ3n) is 30.0. The van der Waals surface area contributed by atoms with Crippen LogP contribution in [0.15, 0.2) is 528 Å². The summed E-state index contributed by atoms with van der Waals surface area (Å²) >= 11 is 0. The molecule has 0 unspecified atom stereocenters. The van der Waals surface area contributed by atoms with E-state index in [4.69, 9.17) is 34.9 Å². The number of hydrogen-bond acceptors (Lipinski definition) is 7.